The quantitative estimate of drug-likeness (QED) is 0.654. The molecule has 0 aromatic heterocycles. The summed E-state index contributed by atoms with van der Waals surface area (Å²) in [5.41, 5.74) is 5.48. The molecule has 1 rings (SSSR count). The van der Waals surface area contributed by atoms with Crippen molar-refractivity contribution < 1.29 is 27.8 Å². The molecular weight excluding hydrogens is 263 g/mol. The fourth-order valence-electron chi connectivity index (χ4n) is 1.48. The van der Waals surface area contributed by atoms with Crippen molar-refractivity contribution >= 4 is 17.2 Å². The lowest BCUT2D eigenvalue weighted by Gasteiger charge is -2.12. The van der Waals surface area contributed by atoms with E-state index in [4.69, 9.17) is 10.8 Å². The largest absolute Gasteiger partial charge is 0.573 e. The molecular formula is C12H12F3NO3. The number of rotatable bonds is 4. The smallest absolute Gasteiger partial charge is 0.478 e. The van der Waals surface area contributed by atoms with Crippen molar-refractivity contribution in [2.45, 2.75) is 19.7 Å². The number of carbonyl (C=O) groups is 1. The van der Waals surface area contributed by atoms with Gasteiger partial charge in [0.25, 0.3) is 0 Å². The number of benzene rings is 1. The molecule has 0 bridgehead atoms. The molecule has 19 heavy (non-hydrogen) atoms. The molecule has 0 aliphatic rings. The van der Waals surface area contributed by atoms with Gasteiger partial charge < -0.3 is 15.6 Å². The second-order valence-corrected chi connectivity index (χ2v) is 3.63. The fraction of sp³-hybridized carbons (Fsp3) is 0.250. The van der Waals surface area contributed by atoms with Gasteiger partial charge in [-0.15, -0.1) is 13.2 Å². The van der Waals surface area contributed by atoms with E-state index in [9.17, 15) is 18.0 Å². The van der Waals surface area contributed by atoms with Crippen LogP contribution in [0.15, 0.2) is 24.3 Å². The van der Waals surface area contributed by atoms with Crippen LogP contribution in [0.2, 0.25) is 0 Å². The summed E-state index contributed by atoms with van der Waals surface area (Å²) in [6.07, 6.45) is -3.07. The molecule has 0 fully saturated rings. The molecule has 0 amide bonds. The summed E-state index contributed by atoms with van der Waals surface area (Å²) in [7, 11) is 0. The van der Waals surface area contributed by atoms with Crippen molar-refractivity contribution in [1.82, 2.24) is 0 Å². The van der Waals surface area contributed by atoms with Gasteiger partial charge in [0.15, 0.2) is 0 Å². The highest BCUT2D eigenvalue weighted by molar-refractivity contribution is 6.17. The third-order valence-corrected chi connectivity index (χ3v) is 2.19. The van der Waals surface area contributed by atoms with Crippen molar-refractivity contribution in [2.24, 2.45) is 0 Å². The standard InChI is InChI=1S/C12H12F3NO3/c1-2-3-8(11(17)18)9-6-7(4-5-10(9)16)19-12(13,14)15/h3-6H,2,16H2,1H3,(H,17,18)/b8-3+. The summed E-state index contributed by atoms with van der Waals surface area (Å²) in [4.78, 5) is 11.1. The number of anilines is 1. The van der Waals surface area contributed by atoms with Crippen LogP contribution in [0.25, 0.3) is 5.57 Å². The van der Waals surface area contributed by atoms with Crippen LogP contribution >= 0.6 is 0 Å². The summed E-state index contributed by atoms with van der Waals surface area (Å²) in [5, 5.41) is 9.02. The minimum atomic E-state index is -4.84. The van der Waals surface area contributed by atoms with Crippen molar-refractivity contribution in [2.75, 3.05) is 5.73 Å². The van der Waals surface area contributed by atoms with E-state index in [1.807, 2.05) is 0 Å². The Kier molecular flexibility index (Phi) is 4.42. The van der Waals surface area contributed by atoms with E-state index in [1.165, 1.54) is 12.1 Å². The fourth-order valence-corrected chi connectivity index (χ4v) is 1.48. The zero-order chi connectivity index (χ0) is 14.6. The average Bonchev–Trinajstić information content (AvgIpc) is 2.26. The molecule has 0 unspecified atom stereocenters. The lowest BCUT2D eigenvalue weighted by atomic mass is 10.0. The molecule has 0 aliphatic heterocycles. The molecule has 4 nitrogen and oxygen atoms in total. The van der Waals surface area contributed by atoms with Gasteiger partial charge >= 0.3 is 12.3 Å². The number of carboxylic acids is 1. The maximum Gasteiger partial charge on any atom is 0.573 e. The summed E-state index contributed by atoms with van der Waals surface area (Å²) in [6.45, 7) is 1.70. The second-order valence-electron chi connectivity index (χ2n) is 3.63. The molecule has 0 saturated carbocycles. The zero-order valence-corrected chi connectivity index (χ0v) is 9.99. The van der Waals surface area contributed by atoms with Gasteiger partial charge in [-0.05, 0) is 24.6 Å². The van der Waals surface area contributed by atoms with E-state index >= 15 is 0 Å². The minimum Gasteiger partial charge on any atom is -0.478 e. The molecule has 1 aromatic rings. The SMILES string of the molecule is CC/C=C(/C(=O)O)c1cc(OC(F)(F)F)ccc1N. The van der Waals surface area contributed by atoms with Gasteiger partial charge in [-0.25, -0.2) is 4.79 Å². The lowest BCUT2D eigenvalue weighted by Crippen LogP contribution is -2.17. The van der Waals surface area contributed by atoms with Crippen LogP contribution in [0, 0.1) is 0 Å². The van der Waals surface area contributed by atoms with Crippen LogP contribution in [-0.2, 0) is 4.79 Å². The molecule has 0 radical (unpaired) electrons. The Hall–Kier alpha value is -2.18. The first-order valence-electron chi connectivity index (χ1n) is 5.33. The Morgan fingerprint density at radius 3 is 2.58 bits per heavy atom. The Balaban J connectivity index is 3.23. The predicted octanol–water partition coefficient (Wildman–Crippen LogP) is 3.05. The lowest BCUT2D eigenvalue weighted by molar-refractivity contribution is -0.274. The van der Waals surface area contributed by atoms with Crippen molar-refractivity contribution in [3.63, 3.8) is 0 Å². The second kappa shape index (κ2) is 5.64. The Morgan fingerprint density at radius 1 is 1.47 bits per heavy atom. The first-order chi connectivity index (χ1) is 8.74. The Morgan fingerprint density at radius 2 is 2.11 bits per heavy atom. The number of aliphatic carboxylic acids is 1. The van der Waals surface area contributed by atoms with Crippen molar-refractivity contribution in [3.8, 4) is 5.75 Å². The van der Waals surface area contributed by atoms with E-state index < -0.39 is 18.1 Å². The molecule has 104 valence electrons. The highest BCUT2D eigenvalue weighted by Crippen LogP contribution is 2.30. The van der Waals surface area contributed by atoms with Crippen molar-refractivity contribution in [3.05, 3.63) is 29.8 Å². The maximum atomic E-state index is 12.1. The summed E-state index contributed by atoms with van der Waals surface area (Å²) in [6, 6.07) is 3.15. The molecule has 0 heterocycles. The number of ether oxygens (including phenoxy) is 1. The van der Waals surface area contributed by atoms with Gasteiger partial charge in [-0.2, -0.15) is 0 Å². The number of nitrogen functional groups attached to an aromatic ring is 1. The van der Waals surface area contributed by atoms with E-state index in [0.717, 1.165) is 12.1 Å². The number of alkyl halides is 3. The summed E-state index contributed by atoms with van der Waals surface area (Å²) >= 11 is 0. The van der Waals surface area contributed by atoms with Crippen molar-refractivity contribution in [1.29, 1.82) is 0 Å². The van der Waals surface area contributed by atoms with Gasteiger partial charge in [-0.1, -0.05) is 13.0 Å². The third-order valence-electron chi connectivity index (χ3n) is 2.19. The van der Waals surface area contributed by atoms with Crippen LogP contribution in [0.5, 0.6) is 5.75 Å². The summed E-state index contributed by atoms with van der Waals surface area (Å²) < 4.78 is 40.0. The molecule has 0 saturated heterocycles. The third kappa shape index (κ3) is 4.20. The van der Waals surface area contributed by atoms with Crippen LogP contribution in [0.3, 0.4) is 0 Å². The van der Waals surface area contributed by atoms with Gasteiger partial charge in [0.05, 0.1) is 5.57 Å². The monoisotopic (exact) mass is 275 g/mol. The molecule has 1 aromatic carbocycles. The molecule has 3 N–H and O–H groups in total. The van der Waals surface area contributed by atoms with E-state index in [1.54, 1.807) is 6.92 Å². The van der Waals surface area contributed by atoms with Crippen LogP contribution < -0.4 is 10.5 Å². The van der Waals surface area contributed by atoms with Gasteiger partial charge in [0.2, 0.25) is 0 Å². The van der Waals surface area contributed by atoms with Crippen LogP contribution in [-0.4, -0.2) is 17.4 Å². The van der Waals surface area contributed by atoms with E-state index in [0.29, 0.717) is 6.42 Å². The molecule has 0 spiro atoms. The highest BCUT2D eigenvalue weighted by Gasteiger charge is 2.31. The van der Waals surface area contributed by atoms with Gasteiger partial charge in [0, 0.05) is 11.3 Å². The van der Waals surface area contributed by atoms with Crippen LogP contribution in [0.4, 0.5) is 18.9 Å². The minimum absolute atomic E-state index is 0.00361. The first-order valence-corrected chi connectivity index (χ1v) is 5.33. The maximum absolute atomic E-state index is 12.1. The molecule has 0 atom stereocenters. The number of hydrogen-bond donors (Lipinski definition) is 2. The highest BCUT2D eigenvalue weighted by atomic mass is 19.4. The number of nitrogens with two attached hydrogens (primary N) is 1. The molecule has 7 heteroatoms. The zero-order valence-electron chi connectivity index (χ0n) is 9.99. The average molecular weight is 275 g/mol. The number of hydrogen-bond acceptors (Lipinski definition) is 3. The number of allylic oxidation sites excluding steroid dienone is 1. The van der Waals surface area contributed by atoms with E-state index in [2.05, 4.69) is 4.74 Å². The Bertz CT molecular complexity index is 509. The number of carboxylic acid groups (broad SMARTS) is 1. The first kappa shape index (κ1) is 14.9. The predicted molar refractivity (Wildman–Crippen MR) is 63.4 cm³/mol. The Labute approximate surface area is 107 Å². The number of halogens is 3. The van der Waals surface area contributed by atoms with E-state index in [-0.39, 0.29) is 16.8 Å². The van der Waals surface area contributed by atoms with Gasteiger partial charge in [0.1, 0.15) is 5.75 Å². The van der Waals surface area contributed by atoms with Gasteiger partial charge in [-0.3, -0.25) is 0 Å². The molecule has 0 aliphatic carbocycles. The normalized spacial score (nSPS) is 12.3. The topological polar surface area (TPSA) is 72.5 Å². The van der Waals surface area contributed by atoms with Crippen LogP contribution in [0.1, 0.15) is 18.9 Å². The summed E-state index contributed by atoms with van der Waals surface area (Å²) in [5.74, 6) is -1.78.